The fraction of sp³-hybridized carbons (Fsp3) is 0.464. The third-order valence-electron chi connectivity index (χ3n) is 6.30. The average molecular weight is 704 g/mol. The van der Waals surface area contributed by atoms with Gasteiger partial charge >= 0.3 is 12.3 Å². The number of nitrogen functional groups attached to an aromatic ring is 2. The number of alkyl carbamates (subject to hydrolysis) is 1. The van der Waals surface area contributed by atoms with E-state index in [-0.39, 0.29) is 54.6 Å². The molecule has 3 amide bonds. The number of aryl methyl sites for hydroxylation is 1. The Hall–Kier alpha value is -5.07. The molecular weight excluding hydrogens is 667 g/mol. The summed E-state index contributed by atoms with van der Waals surface area (Å²) in [5, 5.41) is 14.1. The van der Waals surface area contributed by atoms with E-state index in [4.69, 9.17) is 42.4 Å². The number of rotatable bonds is 10. The molecule has 1 aromatic carbocycles. The van der Waals surface area contributed by atoms with Gasteiger partial charge in [0, 0.05) is 26.2 Å². The molecule has 0 aliphatic heterocycles. The number of likely N-dealkylation sites (N-methyl/N-ethyl adjacent to an activating group) is 1. The van der Waals surface area contributed by atoms with Gasteiger partial charge in [0.2, 0.25) is 0 Å². The van der Waals surface area contributed by atoms with Gasteiger partial charge in [-0.05, 0) is 39.8 Å². The molecule has 0 radical (unpaired) electrons. The number of aliphatic carboxylic acids is 1. The molecule has 2 aromatic heterocycles. The van der Waals surface area contributed by atoms with Crippen molar-refractivity contribution >= 4 is 58.1 Å². The highest BCUT2D eigenvalue weighted by molar-refractivity contribution is 6.31. The summed E-state index contributed by atoms with van der Waals surface area (Å²) in [6, 6.07) is 5.52. The molecule has 0 saturated heterocycles. The Balaban J connectivity index is 0.00000103. The molecule has 6 N–H and O–H groups in total. The van der Waals surface area contributed by atoms with Gasteiger partial charge in [-0.3, -0.25) is 9.59 Å². The van der Waals surface area contributed by atoms with Crippen LogP contribution in [0, 0.1) is 0 Å². The molecule has 0 unspecified atom stereocenters. The molecule has 16 nitrogen and oxygen atoms in total. The Morgan fingerprint density at radius 2 is 1.73 bits per heavy atom. The molecule has 0 saturated carbocycles. The fourth-order valence-corrected chi connectivity index (χ4v) is 4.22. The number of nitrogens with two attached hydrogens (primary N) is 2. The summed E-state index contributed by atoms with van der Waals surface area (Å²) in [4.78, 5) is 56.3. The molecule has 20 heteroatoms. The Bertz CT molecular complexity index is 1660. The van der Waals surface area contributed by atoms with E-state index >= 15 is 0 Å². The molecule has 0 bridgehead atoms. The number of alkyl halides is 3. The third kappa shape index (κ3) is 10.7. The van der Waals surface area contributed by atoms with E-state index in [9.17, 15) is 27.6 Å². The van der Waals surface area contributed by atoms with Crippen LogP contribution in [0.15, 0.2) is 18.2 Å². The SMILES string of the molecule is CCn1c(CNC(=O)c2nc(Cl)c(N)nc2N)[n+](CC(=O)N(C)CCNC(=O)OC(C)(C)C)c2ccc(OC)cc21.O=C([O-])C(F)(F)F. The van der Waals surface area contributed by atoms with E-state index in [1.807, 2.05) is 28.2 Å². The van der Waals surface area contributed by atoms with Crippen LogP contribution in [0.4, 0.5) is 29.6 Å². The number of carboxylic acids is 1. The second-order valence-electron chi connectivity index (χ2n) is 10.9. The number of hydrogen-bond acceptors (Lipinski definition) is 11. The summed E-state index contributed by atoms with van der Waals surface area (Å²) in [6.45, 7) is 8.30. The minimum absolute atomic E-state index is 0.0282. The van der Waals surface area contributed by atoms with Crippen LogP contribution >= 0.6 is 11.6 Å². The van der Waals surface area contributed by atoms with Gasteiger partial charge in [0.25, 0.3) is 17.6 Å². The first-order valence-electron chi connectivity index (χ1n) is 14.1. The Morgan fingerprint density at radius 3 is 2.27 bits per heavy atom. The molecule has 0 aliphatic carbocycles. The number of carboxylic acid groups (broad SMARTS) is 1. The van der Waals surface area contributed by atoms with Crippen molar-refractivity contribution in [2.45, 2.75) is 59.1 Å². The molecule has 264 valence electrons. The Kier molecular flexibility index (Phi) is 13.2. The first kappa shape index (κ1) is 39.1. The lowest BCUT2D eigenvalue weighted by molar-refractivity contribution is -0.668. The molecule has 3 aromatic rings. The van der Waals surface area contributed by atoms with Crippen LogP contribution in [0.25, 0.3) is 11.0 Å². The molecule has 0 spiro atoms. The lowest BCUT2D eigenvalue weighted by atomic mass is 10.2. The van der Waals surface area contributed by atoms with Crippen molar-refractivity contribution in [1.29, 1.82) is 0 Å². The molecule has 48 heavy (non-hydrogen) atoms. The number of methoxy groups -OCH3 is 1. The lowest BCUT2D eigenvalue weighted by Crippen LogP contribution is -2.48. The zero-order valence-electron chi connectivity index (χ0n) is 27.0. The van der Waals surface area contributed by atoms with Gasteiger partial charge in [0.15, 0.2) is 40.1 Å². The van der Waals surface area contributed by atoms with E-state index in [1.165, 1.54) is 4.90 Å². The van der Waals surface area contributed by atoms with Crippen LogP contribution in [0.1, 0.15) is 44.0 Å². The second kappa shape index (κ2) is 16.2. The predicted octanol–water partition coefficient (Wildman–Crippen LogP) is 0.777. The number of halogens is 4. The van der Waals surface area contributed by atoms with Crippen molar-refractivity contribution in [2.24, 2.45) is 0 Å². The zero-order valence-corrected chi connectivity index (χ0v) is 27.8. The number of aromatic nitrogens is 4. The number of imidazole rings is 1. The van der Waals surface area contributed by atoms with Crippen LogP contribution < -0.4 is 36.5 Å². The van der Waals surface area contributed by atoms with Crippen LogP contribution in [-0.2, 0) is 34.0 Å². The summed E-state index contributed by atoms with van der Waals surface area (Å²) in [6.07, 6.45) is -5.75. The Labute approximate surface area is 278 Å². The quantitative estimate of drug-likeness (QED) is 0.216. The second-order valence-corrected chi connectivity index (χ2v) is 11.3. The average Bonchev–Trinajstić information content (AvgIpc) is 3.27. The smallest absolute Gasteiger partial charge is 0.430 e. The highest BCUT2D eigenvalue weighted by atomic mass is 35.5. The van der Waals surface area contributed by atoms with Crippen molar-refractivity contribution < 1.29 is 51.5 Å². The molecular formula is C28H37ClF3N9O7. The van der Waals surface area contributed by atoms with Gasteiger partial charge in [-0.2, -0.15) is 13.2 Å². The topological polar surface area (TPSA) is 224 Å². The number of nitrogens with zero attached hydrogens (tertiary/aromatic N) is 5. The van der Waals surface area contributed by atoms with Crippen LogP contribution in [0.5, 0.6) is 5.75 Å². The maximum Gasteiger partial charge on any atom is 0.430 e. The number of carbonyl (C=O) groups is 4. The highest BCUT2D eigenvalue weighted by Crippen LogP contribution is 2.22. The highest BCUT2D eigenvalue weighted by Gasteiger charge is 2.30. The van der Waals surface area contributed by atoms with E-state index in [1.54, 1.807) is 41.0 Å². The maximum absolute atomic E-state index is 13.3. The number of hydrogen-bond donors (Lipinski definition) is 4. The first-order valence-corrected chi connectivity index (χ1v) is 14.5. The summed E-state index contributed by atoms with van der Waals surface area (Å²) < 4.78 is 46.0. The van der Waals surface area contributed by atoms with E-state index < -0.39 is 29.7 Å². The molecule has 2 heterocycles. The van der Waals surface area contributed by atoms with Gasteiger partial charge in [0.1, 0.15) is 23.9 Å². The number of benzene rings is 1. The monoisotopic (exact) mass is 703 g/mol. The molecule has 0 atom stereocenters. The number of ether oxygens (including phenoxy) is 2. The van der Waals surface area contributed by atoms with Crippen molar-refractivity contribution in [3.8, 4) is 5.75 Å². The van der Waals surface area contributed by atoms with Gasteiger partial charge in [0.05, 0.1) is 13.7 Å². The number of fused-ring (bicyclic) bond motifs is 1. The minimum Gasteiger partial charge on any atom is -0.542 e. The molecule has 3 rings (SSSR count). The van der Waals surface area contributed by atoms with Crippen molar-refractivity contribution in [2.75, 3.05) is 38.7 Å². The number of anilines is 2. The predicted molar refractivity (Wildman–Crippen MR) is 164 cm³/mol. The largest absolute Gasteiger partial charge is 0.542 e. The van der Waals surface area contributed by atoms with E-state index in [0.717, 1.165) is 11.0 Å². The van der Waals surface area contributed by atoms with Crippen molar-refractivity contribution in [3.63, 3.8) is 0 Å². The van der Waals surface area contributed by atoms with Crippen molar-refractivity contribution in [1.82, 2.24) is 30.1 Å². The van der Waals surface area contributed by atoms with Gasteiger partial charge in [-0.25, -0.2) is 23.9 Å². The van der Waals surface area contributed by atoms with Crippen LogP contribution in [-0.4, -0.2) is 82.3 Å². The van der Waals surface area contributed by atoms with Gasteiger partial charge < -0.3 is 46.4 Å². The van der Waals surface area contributed by atoms with Crippen LogP contribution in [0.3, 0.4) is 0 Å². The summed E-state index contributed by atoms with van der Waals surface area (Å²) in [5.41, 5.74) is 12.3. The summed E-state index contributed by atoms with van der Waals surface area (Å²) in [7, 11) is 3.22. The molecule has 0 fully saturated rings. The van der Waals surface area contributed by atoms with Gasteiger partial charge in [-0.1, -0.05) is 11.6 Å². The fourth-order valence-electron chi connectivity index (χ4n) is 4.09. The summed E-state index contributed by atoms with van der Waals surface area (Å²) in [5.74, 6) is -2.77. The van der Waals surface area contributed by atoms with E-state index in [0.29, 0.717) is 18.1 Å². The zero-order chi connectivity index (χ0) is 36.6. The standard InChI is InChI=1S/C26H36ClN9O5.C2HF3O2/c1-7-35-17-12-15(40-6)8-9-16(17)36(14-19(37)34(5)11-10-30-25(39)41-26(2,3)4)18(35)13-31-24(38)20-22(28)33-23(29)21(27)32-20;3-2(4,5)1(6)7/h8-9,12H,7,10-11,13-14H2,1-6H3,(H5-,28,29,30,31,33,38,39);(H,6,7). The van der Waals surface area contributed by atoms with E-state index in [2.05, 4.69) is 20.6 Å². The van der Waals surface area contributed by atoms with Gasteiger partial charge in [-0.15, -0.1) is 0 Å². The lowest BCUT2D eigenvalue weighted by Gasteiger charge is -2.21. The minimum atomic E-state index is -5.19. The maximum atomic E-state index is 13.3. The number of amides is 3. The van der Waals surface area contributed by atoms with Crippen molar-refractivity contribution in [3.05, 3.63) is 34.9 Å². The number of nitrogens with one attached hydrogen (secondary N) is 2. The third-order valence-corrected chi connectivity index (χ3v) is 6.57. The first-order chi connectivity index (χ1) is 22.2. The normalized spacial score (nSPS) is 11.3. The summed E-state index contributed by atoms with van der Waals surface area (Å²) >= 11 is 5.94. The molecule has 0 aliphatic rings. The number of carbonyl (C=O) groups excluding carboxylic acids is 4. The van der Waals surface area contributed by atoms with Crippen LogP contribution in [0.2, 0.25) is 5.15 Å². The Morgan fingerprint density at radius 1 is 1.10 bits per heavy atom.